The number of hydrogen-bond acceptors (Lipinski definition) is 4. The average Bonchev–Trinajstić information content (AvgIpc) is 2.51. The van der Waals surface area contributed by atoms with Crippen molar-refractivity contribution in [2.24, 2.45) is 0 Å². The van der Waals surface area contributed by atoms with E-state index in [-0.39, 0.29) is 18.4 Å². The molecule has 0 atom stereocenters. The van der Waals surface area contributed by atoms with E-state index in [4.69, 9.17) is 4.74 Å². The first-order valence-corrected chi connectivity index (χ1v) is 9.68. The number of sulfonamides is 1. The van der Waals surface area contributed by atoms with Crippen LogP contribution < -0.4 is 4.31 Å². The van der Waals surface area contributed by atoms with Gasteiger partial charge in [0.05, 0.1) is 17.5 Å². The first kappa shape index (κ1) is 19.5. The number of carbonyl (C=O) groups excluding carboxylic acids is 1. The van der Waals surface area contributed by atoms with Gasteiger partial charge in [0, 0.05) is 0 Å². The largest absolute Gasteiger partial charge is 0.462 e. The van der Waals surface area contributed by atoms with E-state index in [9.17, 15) is 13.2 Å². The van der Waals surface area contributed by atoms with Gasteiger partial charge in [0.2, 0.25) is 10.0 Å². The van der Waals surface area contributed by atoms with Crippen molar-refractivity contribution in [1.29, 1.82) is 0 Å². The Kier molecular flexibility index (Phi) is 7.06. The van der Waals surface area contributed by atoms with Gasteiger partial charge in [0.15, 0.2) is 0 Å². The van der Waals surface area contributed by atoms with E-state index in [0.717, 1.165) is 11.1 Å². The second-order valence-corrected chi connectivity index (χ2v) is 7.76. The number of benzene rings is 1. The molecule has 1 aromatic carbocycles. The Morgan fingerprint density at radius 3 is 2.04 bits per heavy atom. The Balaban J connectivity index is 3.39. The number of carbonyl (C=O) groups is 1. The van der Waals surface area contributed by atoms with Crippen LogP contribution in [0.3, 0.4) is 0 Å². The quantitative estimate of drug-likeness (QED) is 0.682. The molecule has 0 aliphatic rings. The zero-order valence-corrected chi connectivity index (χ0v) is 15.4. The molecule has 1 aromatic rings. The fourth-order valence-corrected chi connectivity index (χ4v) is 3.55. The van der Waals surface area contributed by atoms with Crippen molar-refractivity contribution >= 4 is 21.7 Å². The van der Waals surface area contributed by atoms with Crippen LogP contribution in [0, 0.1) is 0 Å². The van der Waals surface area contributed by atoms with Gasteiger partial charge >= 0.3 is 5.97 Å². The highest BCUT2D eigenvalue weighted by Gasteiger charge is 2.27. The lowest BCUT2D eigenvalue weighted by molar-refractivity contribution is -0.145. The summed E-state index contributed by atoms with van der Waals surface area (Å²) in [5.74, 6) is -0.603. The fourth-order valence-electron chi connectivity index (χ4n) is 2.43. The Labute approximate surface area is 139 Å². The third-order valence-corrected chi connectivity index (χ3v) is 5.27. The molecule has 0 heterocycles. The molecular formula is C17H27NO4S. The highest BCUT2D eigenvalue weighted by molar-refractivity contribution is 7.92. The molecule has 130 valence electrons. The lowest BCUT2D eigenvalue weighted by Crippen LogP contribution is -2.39. The van der Waals surface area contributed by atoms with E-state index in [1.807, 2.05) is 32.0 Å². The SMILES string of the molecule is CCc1cccc(CC)c1N(CC(=O)OC(C)C)S(=O)(=O)CC. The summed E-state index contributed by atoms with van der Waals surface area (Å²) in [6.07, 6.45) is 1.11. The van der Waals surface area contributed by atoms with E-state index in [1.54, 1.807) is 20.8 Å². The Bertz CT molecular complexity index is 616. The average molecular weight is 341 g/mol. The summed E-state index contributed by atoms with van der Waals surface area (Å²) in [4.78, 5) is 12.1. The molecule has 0 aliphatic heterocycles. The molecular weight excluding hydrogens is 314 g/mol. The van der Waals surface area contributed by atoms with Crippen molar-refractivity contribution in [2.75, 3.05) is 16.6 Å². The van der Waals surface area contributed by atoms with Gasteiger partial charge in [-0.3, -0.25) is 9.10 Å². The van der Waals surface area contributed by atoms with Gasteiger partial charge in [0.25, 0.3) is 0 Å². The molecule has 0 spiro atoms. The topological polar surface area (TPSA) is 63.7 Å². The zero-order valence-electron chi connectivity index (χ0n) is 14.6. The molecule has 0 N–H and O–H groups in total. The molecule has 23 heavy (non-hydrogen) atoms. The van der Waals surface area contributed by atoms with Crippen LogP contribution in [0.5, 0.6) is 0 Å². The van der Waals surface area contributed by atoms with E-state index in [1.165, 1.54) is 4.31 Å². The molecule has 5 nitrogen and oxygen atoms in total. The van der Waals surface area contributed by atoms with Gasteiger partial charge in [0.1, 0.15) is 6.54 Å². The number of para-hydroxylation sites is 1. The number of nitrogens with zero attached hydrogens (tertiary/aromatic N) is 1. The maximum atomic E-state index is 12.6. The van der Waals surface area contributed by atoms with Crippen LogP contribution in [0.2, 0.25) is 0 Å². The number of esters is 1. The lowest BCUT2D eigenvalue weighted by atomic mass is 10.0. The van der Waals surface area contributed by atoms with Crippen molar-refractivity contribution in [3.05, 3.63) is 29.3 Å². The summed E-state index contributed by atoms with van der Waals surface area (Å²) < 4.78 is 31.5. The number of anilines is 1. The first-order valence-electron chi connectivity index (χ1n) is 8.07. The number of aryl methyl sites for hydroxylation is 2. The molecule has 0 amide bonds. The van der Waals surface area contributed by atoms with Crippen LogP contribution in [0.1, 0.15) is 45.7 Å². The highest BCUT2D eigenvalue weighted by Crippen LogP contribution is 2.29. The van der Waals surface area contributed by atoms with Gasteiger partial charge in [-0.2, -0.15) is 0 Å². The molecule has 0 saturated heterocycles. The molecule has 0 saturated carbocycles. The van der Waals surface area contributed by atoms with Gasteiger partial charge in [-0.05, 0) is 44.7 Å². The minimum Gasteiger partial charge on any atom is -0.462 e. The maximum absolute atomic E-state index is 12.6. The summed E-state index contributed by atoms with van der Waals surface area (Å²) in [5, 5.41) is 0. The summed E-state index contributed by atoms with van der Waals surface area (Å²) in [6.45, 7) is 8.72. The van der Waals surface area contributed by atoms with E-state index < -0.39 is 16.0 Å². The monoisotopic (exact) mass is 341 g/mol. The van der Waals surface area contributed by atoms with Crippen molar-refractivity contribution in [1.82, 2.24) is 0 Å². The second kappa shape index (κ2) is 8.34. The number of ether oxygens (including phenoxy) is 1. The van der Waals surface area contributed by atoms with Gasteiger partial charge in [-0.1, -0.05) is 32.0 Å². The summed E-state index contributed by atoms with van der Waals surface area (Å²) in [7, 11) is -3.58. The Hall–Kier alpha value is -1.56. The normalized spacial score (nSPS) is 11.6. The molecule has 0 aliphatic carbocycles. The van der Waals surface area contributed by atoms with Crippen molar-refractivity contribution in [3.8, 4) is 0 Å². The third kappa shape index (κ3) is 4.96. The minimum atomic E-state index is -3.58. The molecule has 0 bridgehead atoms. The Morgan fingerprint density at radius 2 is 1.65 bits per heavy atom. The van der Waals surface area contributed by atoms with E-state index in [2.05, 4.69) is 0 Å². The van der Waals surface area contributed by atoms with Crippen LogP contribution in [-0.4, -0.2) is 32.8 Å². The van der Waals surface area contributed by atoms with Gasteiger partial charge in [-0.15, -0.1) is 0 Å². The summed E-state index contributed by atoms with van der Waals surface area (Å²) >= 11 is 0. The predicted octanol–water partition coefficient (Wildman–Crippen LogP) is 2.92. The summed E-state index contributed by atoms with van der Waals surface area (Å²) in [6, 6.07) is 5.73. The maximum Gasteiger partial charge on any atom is 0.327 e. The minimum absolute atomic E-state index is 0.0663. The van der Waals surface area contributed by atoms with Crippen LogP contribution >= 0.6 is 0 Å². The van der Waals surface area contributed by atoms with Crippen LogP contribution in [0.4, 0.5) is 5.69 Å². The van der Waals surface area contributed by atoms with E-state index in [0.29, 0.717) is 18.5 Å². The van der Waals surface area contributed by atoms with Crippen LogP contribution in [0.25, 0.3) is 0 Å². The third-order valence-electron chi connectivity index (χ3n) is 3.55. The van der Waals surface area contributed by atoms with E-state index >= 15 is 0 Å². The smallest absolute Gasteiger partial charge is 0.327 e. The molecule has 0 unspecified atom stereocenters. The molecule has 1 rings (SSSR count). The zero-order chi connectivity index (χ0) is 17.6. The predicted molar refractivity (Wildman–Crippen MR) is 93.2 cm³/mol. The fraction of sp³-hybridized carbons (Fsp3) is 0.588. The summed E-state index contributed by atoms with van der Waals surface area (Å²) in [5.41, 5.74) is 2.46. The van der Waals surface area contributed by atoms with Crippen LogP contribution in [0.15, 0.2) is 18.2 Å². The van der Waals surface area contributed by atoms with Crippen LogP contribution in [-0.2, 0) is 32.4 Å². The Morgan fingerprint density at radius 1 is 1.13 bits per heavy atom. The highest BCUT2D eigenvalue weighted by atomic mass is 32.2. The molecule has 6 heteroatoms. The number of hydrogen-bond donors (Lipinski definition) is 0. The standard InChI is InChI=1S/C17H27NO4S/c1-6-14-10-9-11-15(7-2)17(14)18(23(20,21)8-3)12-16(19)22-13(4)5/h9-11,13H,6-8,12H2,1-5H3. The molecule has 0 aromatic heterocycles. The lowest BCUT2D eigenvalue weighted by Gasteiger charge is -2.27. The molecule has 0 radical (unpaired) electrons. The first-order chi connectivity index (χ1) is 10.8. The van der Waals surface area contributed by atoms with Crippen molar-refractivity contribution < 1.29 is 17.9 Å². The molecule has 0 fully saturated rings. The van der Waals surface area contributed by atoms with Crippen molar-refractivity contribution in [3.63, 3.8) is 0 Å². The van der Waals surface area contributed by atoms with Crippen molar-refractivity contribution in [2.45, 2.75) is 53.6 Å². The number of rotatable bonds is 8. The van der Waals surface area contributed by atoms with Gasteiger partial charge in [-0.25, -0.2) is 8.42 Å². The van der Waals surface area contributed by atoms with Gasteiger partial charge < -0.3 is 4.74 Å². The second-order valence-electron chi connectivity index (χ2n) is 5.58.